The molecule has 82 valence electrons. The van der Waals surface area contributed by atoms with E-state index in [0.717, 1.165) is 19.4 Å². The fourth-order valence-electron chi connectivity index (χ4n) is 2.05. The number of alkyl halides is 1. The maximum absolute atomic E-state index is 13.9. The molecule has 1 atom stereocenters. The molecular weight excluding hydrogens is 181 g/mol. The van der Waals surface area contributed by atoms with Crippen LogP contribution in [0.2, 0.25) is 0 Å². The van der Waals surface area contributed by atoms with E-state index in [-0.39, 0.29) is 12.2 Å². The highest BCUT2D eigenvalue weighted by molar-refractivity contribution is 5.02. The predicted octanol–water partition coefficient (Wildman–Crippen LogP) is 1.99. The van der Waals surface area contributed by atoms with E-state index in [2.05, 4.69) is 18.7 Å². The Balaban J connectivity index is 2.09. The fourth-order valence-corrected chi connectivity index (χ4v) is 2.05. The molecule has 1 aliphatic heterocycles. The van der Waals surface area contributed by atoms with Gasteiger partial charge in [-0.25, -0.2) is 4.39 Å². The molecule has 0 aromatic carbocycles. The maximum Gasteiger partial charge on any atom is 0.144 e. The van der Waals surface area contributed by atoms with Crippen molar-refractivity contribution in [2.24, 2.45) is 0 Å². The smallest absolute Gasteiger partial charge is 0.144 e. The van der Waals surface area contributed by atoms with Crippen LogP contribution < -0.4 is 0 Å². The molecule has 0 unspecified atom stereocenters. The zero-order valence-electron chi connectivity index (χ0n) is 9.35. The Hall–Kier alpha value is -0.150. The molecule has 3 heteroatoms. The minimum atomic E-state index is -1.18. The molecule has 14 heavy (non-hydrogen) atoms. The summed E-state index contributed by atoms with van der Waals surface area (Å²) in [5.74, 6) is 0. The number of halogens is 1. The lowest BCUT2D eigenvalue weighted by atomic mass is 10.1. The first-order chi connectivity index (χ1) is 6.43. The molecule has 1 aliphatic carbocycles. The minimum Gasteiger partial charge on any atom is -0.370 e. The van der Waals surface area contributed by atoms with Crippen molar-refractivity contribution in [3.8, 4) is 0 Å². The van der Waals surface area contributed by atoms with E-state index in [0.29, 0.717) is 12.6 Å². The number of hydrogen-bond acceptors (Lipinski definition) is 2. The van der Waals surface area contributed by atoms with Gasteiger partial charge >= 0.3 is 0 Å². The summed E-state index contributed by atoms with van der Waals surface area (Å²) in [6.45, 7) is 7.56. The minimum absolute atomic E-state index is 0.00806. The first-order valence-corrected chi connectivity index (χ1v) is 5.49. The van der Waals surface area contributed by atoms with E-state index in [1.54, 1.807) is 6.92 Å². The van der Waals surface area contributed by atoms with Crippen molar-refractivity contribution in [2.45, 2.75) is 50.9 Å². The molecule has 1 saturated heterocycles. The third-order valence-electron chi connectivity index (χ3n) is 3.24. The van der Waals surface area contributed by atoms with Crippen molar-refractivity contribution in [3.05, 3.63) is 0 Å². The Bertz CT molecular complexity index is 215. The second-order valence-corrected chi connectivity index (χ2v) is 5.38. The van der Waals surface area contributed by atoms with Gasteiger partial charge < -0.3 is 4.74 Å². The van der Waals surface area contributed by atoms with Crippen molar-refractivity contribution in [1.29, 1.82) is 0 Å². The number of hydrogen-bond donors (Lipinski definition) is 0. The molecule has 2 rings (SSSR count). The van der Waals surface area contributed by atoms with E-state index in [4.69, 9.17) is 4.74 Å². The van der Waals surface area contributed by atoms with Crippen LogP contribution in [0.25, 0.3) is 0 Å². The van der Waals surface area contributed by atoms with Gasteiger partial charge in [-0.2, -0.15) is 0 Å². The number of nitrogens with zero attached hydrogens (tertiary/aromatic N) is 1. The van der Waals surface area contributed by atoms with E-state index >= 15 is 0 Å². The van der Waals surface area contributed by atoms with Crippen LogP contribution in [0.5, 0.6) is 0 Å². The lowest BCUT2D eigenvalue weighted by Gasteiger charge is -2.29. The predicted molar refractivity (Wildman–Crippen MR) is 54.1 cm³/mol. The van der Waals surface area contributed by atoms with Crippen molar-refractivity contribution >= 4 is 0 Å². The number of rotatable bonds is 1. The molecule has 2 aliphatic rings. The van der Waals surface area contributed by atoms with Crippen LogP contribution in [0.3, 0.4) is 0 Å². The summed E-state index contributed by atoms with van der Waals surface area (Å²) in [5, 5.41) is 0. The van der Waals surface area contributed by atoms with Gasteiger partial charge in [0.1, 0.15) is 5.67 Å². The first kappa shape index (κ1) is 10.4. The molecule has 0 radical (unpaired) electrons. The fraction of sp³-hybridized carbons (Fsp3) is 1.00. The Morgan fingerprint density at radius 3 is 2.43 bits per heavy atom. The molecule has 2 nitrogen and oxygen atoms in total. The van der Waals surface area contributed by atoms with Crippen LogP contribution in [-0.4, -0.2) is 41.9 Å². The molecular formula is C11H20FNO. The lowest BCUT2D eigenvalue weighted by molar-refractivity contribution is -0.00973. The van der Waals surface area contributed by atoms with Gasteiger partial charge in [-0.3, -0.25) is 4.90 Å². The Labute approximate surface area is 85.4 Å². The standard InChI is InChI=1S/C11H20FNO/c1-9(2)13-6-10(3,12)8-14-11(7-13)4-5-11/h9H,4-8H2,1-3H3/t10-/m0/s1. The molecule has 0 amide bonds. The molecule has 0 bridgehead atoms. The SMILES string of the molecule is CC(C)N1CC2(CC2)OC[C@@](C)(F)C1. The summed E-state index contributed by atoms with van der Waals surface area (Å²) in [4.78, 5) is 2.21. The quantitative estimate of drug-likeness (QED) is 0.643. The average molecular weight is 201 g/mol. The van der Waals surface area contributed by atoms with Crippen LogP contribution in [0.1, 0.15) is 33.6 Å². The topological polar surface area (TPSA) is 12.5 Å². The van der Waals surface area contributed by atoms with Gasteiger partial charge in [0, 0.05) is 19.1 Å². The van der Waals surface area contributed by atoms with E-state index in [1.807, 2.05) is 0 Å². The van der Waals surface area contributed by atoms with Gasteiger partial charge in [0.25, 0.3) is 0 Å². The lowest BCUT2D eigenvalue weighted by Crippen LogP contribution is -2.43. The molecule has 0 N–H and O–H groups in total. The van der Waals surface area contributed by atoms with Gasteiger partial charge in [-0.15, -0.1) is 0 Å². The molecule has 0 aromatic rings. The largest absolute Gasteiger partial charge is 0.370 e. The Kier molecular flexibility index (Phi) is 2.35. The zero-order valence-corrected chi connectivity index (χ0v) is 9.35. The summed E-state index contributed by atoms with van der Waals surface area (Å²) >= 11 is 0. The molecule has 1 heterocycles. The van der Waals surface area contributed by atoms with Gasteiger partial charge in [0.05, 0.1) is 12.2 Å². The van der Waals surface area contributed by atoms with Crippen molar-refractivity contribution in [3.63, 3.8) is 0 Å². The summed E-state index contributed by atoms with van der Waals surface area (Å²) in [6, 6.07) is 0.407. The highest BCUT2D eigenvalue weighted by atomic mass is 19.1. The van der Waals surface area contributed by atoms with Crippen molar-refractivity contribution in [1.82, 2.24) is 4.90 Å². The van der Waals surface area contributed by atoms with Crippen LogP contribution in [-0.2, 0) is 4.74 Å². The third-order valence-corrected chi connectivity index (χ3v) is 3.24. The second-order valence-electron chi connectivity index (χ2n) is 5.38. The van der Waals surface area contributed by atoms with Crippen LogP contribution in [0, 0.1) is 0 Å². The van der Waals surface area contributed by atoms with Crippen LogP contribution in [0.4, 0.5) is 4.39 Å². The molecule has 1 saturated carbocycles. The number of ether oxygens (including phenoxy) is 1. The van der Waals surface area contributed by atoms with Gasteiger partial charge in [0.2, 0.25) is 0 Å². The molecule has 0 aromatic heterocycles. The van der Waals surface area contributed by atoms with E-state index in [1.165, 1.54) is 0 Å². The Morgan fingerprint density at radius 2 is 1.93 bits per heavy atom. The maximum atomic E-state index is 13.9. The molecule has 2 fully saturated rings. The monoisotopic (exact) mass is 201 g/mol. The summed E-state index contributed by atoms with van der Waals surface area (Å²) in [6.07, 6.45) is 2.21. The van der Waals surface area contributed by atoms with Crippen molar-refractivity contribution in [2.75, 3.05) is 19.7 Å². The second kappa shape index (κ2) is 3.17. The highest BCUT2D eigenvalue weighted by Crippen LogP contribution is 2.43. The highest BCUT2D eigenvalue weighted by Gasteiger charge is 2.50. The van der Waals surface area contributed by atoms with Gasteiger partial charge in [0.15, 0.2) is 0 Å². The van der Waals surface area contributed by atoms with Crippen molar-refractivity contribution < 1.29 is 9.13 Å². The van der Waals surface area contributed by atoms with Gasteiger partial charge in [-0.1, -0.05) is 0 Å². The summed E-state index contributed by atoms with van der Waals surface area (Å²) < 4.78 is 19.6. The van der Waals surface area contributed by atoms with Crippen LogP contribution in [0.15, 0.2) is 0 Å². The van der Waals surface area contributed by atoms with Crippen LogP contribution >= 0.6 is 0 Å². The average Bonchev–Trinajstić information content (AvgIpc) is 2.82. The normalized spacial score (nSPS) is 37.5. The summed E-state index contributed by atoms with van der Waals surface area (Å²) in [7, 11) is 0. The Morgan fingerprint density at radius 1 is 1.29 bits per heavy atom. The third kappa shape index (κ3) is 2.09. The summed E-state index contributed by atoms with van der Waals surface area (Å²) in [5.41, 5.74) is -1.18. The molecule has 1 spiro atoms. The van der Waals surface area contributed by atoms with E-state index in [9.17, 15) is 4.39 Å². The zero-order chi connectivity index (χ0) is 10.4. The van der Waals surface area contributed by atoms with Gasteiger partial charge in [-0.05, 0) is 33.6 Å². The first-order valence-electron chi connectivity index (χ1n) is 5.49. The van der Waals surface area contributed by atoms with E-state index < -0.39 is 5.67 Å².